The van der Waals surface area contributed by atoms with Crippen molar-refractivity contribution < 1.29 is 28.7 Å². The highest BCUT2D eigenvalue weighted by atomic mass is 16.5. The minimum atomic E-state index is -1.10. The number of fused-ring (bicyclic) bond motifs is 9. The predicted molar refractivity (Wildman–Crippen MR) is 205 cm³/mol. The molecule has 0 aliphatic carbocycles. The Balaban J connectivity index is 1.51. The summed E-state index contributed by atoms with van der Waals surface area (Å²) in [6.07, 6.45) is 2.21. The van der Waals surface area contributed by atoms with Gasteiger partial charge < -0.3 is 41.1 Å². The van der Waals surface area contributed by atoms with Gasteiger partial charge in [-0.25, -0.2) is 4.68 Å². The van der Waals surface area contributed by atoms with E-state index in [-0.39, 0.29) is 50.1 Å². The lowest BCUT2D eigenvalue weighted by molar-refractivity contribution is -0.143. The normalized spacial score (nSPS) is 21.4. The number of hydrogen-bond donors (Lipinski definition) is 5. The fraction of sp³-hybridized carbons (Fsp3) is 0.513. The van der Waals surface area contributed by atoms with Crippen molar-refractivity contribution in [3.05, 3.63) is 77.6 Å². The van der Waals surface area contributed by atoms with Crippen LogP contribution < -0.4 is 31.3 Å². The van der Waals surface area contributed by atoms with E-state index in [4.69, 9.17) is 4.74 Å². The van der Waals surface area contributed by atoms with Gasteiger partial charge in [0, 0.05) is 38.9 Å². The van der Waals surface area contributed by atoms with Gasteiger partial charge in [0.1, 0.15) is 42.2 Å². The molecule has 6 bridgehead atoms. The zero-order valence-corrected chi connectivity index (χ0v) is 32.5. The molecular formula is C39H54N10O6. The van der Waals surface area contributed by atoms with Gasteiger partial charge in [-0.3, -0.25) is 24.0 Å². The second-order valence-electron chi connectivity index (χ2n) is 14.9. The number of likely N-dealkylation sites (tertiary alicyclic amines) is 1. The number of rotatable bonds is 11. The molecule has 5 amide bonds. The summed E-state index contributed by atoms with van der Waals surface area (Å²) in [6, 6.07) is 11.5. The van der Waals surface area contributed by atoms with Gasteiger partial charge in [-0.05, 0) is 57.2 Å². The number of amides is 5. The highest BCUT2D eigenvalue weighted by molar-refractivity contribution is 5.96. The van der Waals surface area contributed by atoms with Crippen LogP contribution in [0, 0.1) is 5.92 Å². The number of nitrogens with one attached hydrogen (secondary N) is 5. The van der Waals surface area contributed by atoms with Crippen LogP contribution in [0.15, 0.2) is 60.8 Å². The van der Waals surface area contributed by atoms with Gasteiger partial charge in [0.2, 0.25) is 29.5 Å². The van der Waals surface area contributed by atoms with E-state index >= 15 is 0 Å². The lowest BCUT2D eigenvalue weighted by atomic mass is 10.0. The number of hydrogen-bond acceptors (Lipinski definition) is 10. The Morgan fingerprint density at radius 3 is 2.40 bits per heavy atom. The second-order valence-corrected chi connectivity index (χ2v) is 14.9. The summed E-state index contributed by atoms with van der Waals surface area (Å²) in [4.78, 5) is 73.1. The van der Waals surface area contributed by atoms with Crippen molar-refractivity contribution in [3.8, 4) is 5.75 Å². The van der Waals surface area contributed by atoms with E-state index in [0.717, 1.165) is 11.1 Å². The Bertz CT molecular complexity index is 1780. The number of carbonyl (C=O) groups is 5. The molecule has 296 valence electrons. The van der Waals surface area contributed by atoms with E-state index in [0.29, 0.717) is 24.5 Å². The molecule has 2 aromatic carbocycles. The van der Waals surface area contributed by atoms with Crippen molar-refractivity contribution in [2.75, 3.05) is 40.8 Å². The molecule has 55 heavy (non-hydrogen) atoms. The molecule has 4 heterocycles. The Kier molecular flexibility index (Phi) is 14.0. The molecule has 6 atom stereocenters. The summed E-state index contributed by atoms with van der Waals surface area (Å²) < 4.78 is 7.62. The van der Waals surface area contributed by atoms with Crippen LogP contribution in [0.3, 0.4) is 0 Å². The third-order valence-corrected chi connectivity index (χ3v) is 10.0. The molecule has 1 fully saturated rings. The molecule has 6 rings (SSSR count). The highest BCUT2D eigenvalue weighted by Gasteiger charge is 2.45. The number of likely N-dealkylation sites (N-methyl/N-ethyl adjacent to an activating group) is 2. The molecular weight excluding hydrogens is 704 g/mol. The van der Waals surface area contributed by atoms with E-state index in [1.165, 1.54) is 4.90 Å². The molecule has 0 spiro atoms. The van der Waals surface area contributed by atoms with Crippen molar-refractivity contribution >= 4 is 29.5 Å². The van der Waals surface area contributed by atoms with Gasteiger partial charge in [-0.2, -0.15) is 0 Å². The summed E-state index contributed by atoms with van der Waals surface area (Å²) in [6.45, 7) is 6.55. The van der Waals surface area contributed by atoms with Crippen LogP contribution in [0.4, 0.5) is 0 Å². The SMILES string of the molecule is CNC(C)C(=O)NC(C(=O)N1CC2CC1C(=O)NC(Cc1ccccc1)C(=O)NC(C(=O)NCCN(C)C)Cc1ccc(cc1)OCc1cn2nn1)C(C)C. The maximum Gasteiger partial charge on any atom is 0.246 e. The third-order valence-electron chi connectivity index (χ3n) is 10.0. The number of ether oxygens (including phenoxy) is 1. The average Bonchev–Trinajstić information content (AvgIpc) is 3.83. The molecule has 3 aliphatic rings. The molecule has 1 saturated heterocycles. The van der Waals surface area contributed by atoms with E-state index < -0.39 is 54.0 Å². The van der Waals surface area contributed by atoms with Crippen LogP contribution in [0.5, 0.6) is 5.75 Å². The molecule has 0 saturated carbocycles. The predicted octanol–water partition coefficient (Wildman–Crippen LogP) is 0.194. The van der Waals surface area contributed by atoms with Crippen LogP contribution in [0.1, 0.15) is 50.1 Å². The zero-order valence-electron chi connectivity index (χ0n) is 32.5. The van der Waals surface area contributed by atoms with Crippen LogP contribution in [0.25, 0.3) is 0 Å². The van der Waals surface area contributed by atoms with Crippen LogP contribution in [-0.4, -0.2) is 125 Å². The first-order valence-electron chi connectivity index (χ1n) is 18.8. The maximum absolute atomic E-state index is 14.5. The van der Waals surface area contributed by atoms with Crippen LogP contribution in [-0.2, 0) is 43.4 Å². The smallest absolute Gasteiger partial charge is 0.246 e. The first kappa shape index (κ1) is 40.8. The van der Waals surface area contributed by atoms with Gasteiger partial charge >= 0.3 is 0 Å². The number of carbonyl (C=O) groups excluding carboxylic acids is 5. The van der Waals surface area contributed by atoms with E-state index in [9.17, 15) is 24.0 Å². The molecule has 3 aliphatic heterocycles. The molecule has 1 aromatic heterocycles. The monoisotopic (exact) mass is 758 g/mol. The summed E-state index contributed by atoms with van der Waals surface area (Å²) in [7, 11) is 5.46. The molecule has 3 aromatic rings. The Morgan fingerprint density at radius 2 is 1.73 bits per heavy atom. The van der Waals surface area contributed by atoms with Gasteiger partial charge in [-0.15, -0.1) is 5.10 Å². The zero-order chi connectivity index (χ0) is 39.6. The molecule has 16 nitrogen and oxygen atoms in total. The molecule has 6 unspecified atom stereocenters. The van der Waals surface area contributed by atoms with E-state index in [1.807, 2.05) is 75.3 Å². The molecule has 16 heteroatoms. The fourth-order valence-corrected chi connectivity index (χ4v) is 6.61. The van der Waals surface area contributed by atoms with Gasteiger partial charge in [0.15, 0.2) is 0 Å². The maximum atomic E-state index is 14.5. The van der Waals surface area contributed by atoms with Crippen molar-refractivity contribution in [1.82, 2.24) is 51.4 Å². The van der Waals surface area contributed by atoms with Crippen LogP contribution in [0.2, 0.25) is 0 Å². The largest absolute Gasteiger partial charge is 0.487 e. The summed E-state index contributed by atoms with van der Waals surface area (Å²) >= 11 is 0. The van der Waals surface area contributed by atoms with Gasteiger partial charge in [0.05, 0.1) is 18.3 Å². The standard InChI is InChI=1S/C39H54N10O6/c1-24(2)34(44-35(50)25(3)40-4)39(54)48-22-29-20-33(48)38(53)43-32(18-26-10-8-7-9-11-26)37(52)42-31(36(51)41-16-17-47(5)6)19-27-12-14-30(15-13-27)55-23-28-21-49(29)46-45-28/h7-15,21,24-25,29,31-34,40H,16-20,22-23H2,1-6H3,(H,41,51)(H,42,52)(H,43,53)(H,44,50). The Hall–Kier alpha value is -5.35. The molecule has 0 radical (unpaired) electrons. The average molecular weight is 759 g/mol. The lowest BCUT2D eigenvalue weighted by Crippen LogP contribution is -2.59. The minimum absolute atomic E-state index is 0.105. The third kappa shape index (κ3) is 10.9. The first-order valence-corrected chi connectivity index (χ1v) is 18.8. The van der Waals surface area contributed by atoms with Gasteiger partial charge in [-0.1, -0.05) is 61.5 Å². The fourth-order valence-electron chi connectivity index (χ4n) is 6.61. The number of nitrogens with zero attached hydrogens (tertiary/aromatic N) is 5. The summed E-state index contributed by atoms with van der Waals surface area (Å²) in [5.74, 6) is -1.97. The van der Waals surface area contributed by atoms with Crippen LogP contribution >= 0.6 is 0 Å². The summed E-state index contributed by atoms with van der Waals surface area (Å²) in [5, 5.41) is 23.2. The quantitative estimate of drug-likeness (QED) is 0.181. The topological polar surface area (TPSA) is 192 Å². The van der Waals surface area contributed by atoms with Gasteiger partial charge in [0.25, 0.3) is 0 Å². The number of aromatic nitrogens is 3. The lowest BCUT2D eigenvalue weighted by Gasteiger charge is -2.32. The van der Waals surface area contributed by atoms with Crippen molar-refractivity contribution in [3.63, 3.8) is 0 Å². The van der Waals surface area contributed by atoms with Crippen molar-refractivity contribution in [1.29, 1.82) is 0 Å². The summed E-state index contributed by atoms with van der Waals surface area (Å²) in [5.41, 5.74) is 2.13. The Morgan fingerprint density at radius 1 is 1.00 bits per heavy atom. The van der Waals surface area contributed by atoms with Crippen molar-refractivity contribution in [2.24, 2.45) is 5.92 Å². The van der Waals surface area contributed by atoms with E-state index in [1.54, 1.807) is 37.0 Å². The highest BCUT2D eigenvalue weighted by Crippen LogP contribution is 2.29. The molecule has 5 N–H and O–H groups in total. The first-order chi connectivity index (χ1) is 26.3. The van der Waals surface area contributed by atoms with Crippen molar-refractivity contribution in [2.45, 2.75) is 82.9 Å². The minimum Gasteiger partial charge on any atom is -0.487 e. The Labute approximate surface area is 322 Å². The van der Waals surface area contributed by atoms with E-state index in [2.05, 4.69) is 36.9 Å². The number of benzene rings is 2. The second kappa shape index (κ2) is 18.8.